The summed E-state index contributed by atoms with van der Waals surface area (Å²) in [5, 5.41) is 15.1. The van der Waals surface area contributed by atoms with Crippen molar-refractivity contribution in [2.45, 2.75) is 45.5 Å². The van der Waals surface area contributed by atoms with E-state index in [1.165, 1.54) is 0 Å². The third-order valence-electron chi connectivity index (χ3n) is 4.71. The molecule has 0 saturated carbocycles. The van der Waals surface area contributed by atoms with Crippen molar-refractivity contribution in [2.75, 3.05) is 19.8 Å². The maximum atomic E-state index is 5.92. The molecule has 1 fully saturated rings. The molecule has 0 spiro atoms. The Balaban J connectivity index is 1.58. The van der Waals surface area contributed by atoms with Gasteiger partial charge in [0.2, 0.25) is 0 Å². The number of rotatable bonds is 8. The van der Waals surface area contributed by atoms with E-state index in [2.05, 4.69) is 39.9 Å². The van der Waals surface area contributed by atoms with Crippen LogP contribution in [-0.2, 0) is 29.6 Å². The van der Waals surface area contributed by atoms with E-state index in [-0.39, 0.29) is 12.1 Å². The smallest absolute Gasteiger partial charge is 0.192 e. The summed E-state index contributed by atoms with van der Waals surface area (Å²) < 4.78 is 13.2. The van der Waals surface area contributed by atoms with Crippen LogP contribution in [0.5, 0.6) is 0 Å². The third kappa shape index (κ3) is 6.03. The lowest BCUT2D eigenvalue weighted by atomic mass is 10.2. The van der Waals surface area contributed by atoms with Crippen LogP contribution in [0.2, 0.25) is 0 Å². The zero-order valence-corrected chi connectivity index (χ0v) is 16.9. The summed E-state index contributed by atoms with van der Waals surface area (Å²) in [5.74, 6) is 2.47. The molecule has 152 valence electrons. The molecule has 2 unspecified atom stereocenters. The summed E-state index contributed by atoms with van der Waals surface area (Å²) in [6, 6.07) is 10.3. The molecule has 1 saturated heterocycles. The molecule has 2 atom stereocenters. The number of benzene rings is 1. The fraction of sp³-hybridized carbons (Fsp3) is 0.550. The lowest BCUT2D eigenvalue weighted by molar-refractivity contribution is 0.0347. The standard InChI is InChI=1S/C20H30N6O2/c1-15(13-28-18-9-10-27-14-18)23-20(21-11-17-7-5-4-6-8-17)22-12-19-25-24-16(2)26(19)3/h4-8,15,18H,9-14H2,1-3H3,(H2,21,22,23). The lowest BCUT2D eigenvalue weighted by Crippen LogP contribution is -2.44. The fourth-order valence-corrected chi connectivity index (χ4v) is 2.87. The Bertz CT molecular complexity index is 755. The van der Waals surface area contributed by atoms with Crippen molar-refractivity contribution in [1.82, 2.24) is 25.4 Å². The van der Waals surface area contributed by atoms with E-state index in [1.54, 1.807) is 0 Å². The maximum Gasteiger partial charge on any atom is 0.192 e. The van der Waals surface area contributed by atoms with Crippen molar-refractivity contribution in [3.63, 3.8) is 0 Å². The van der Waals surface area contributed by atoms with Crippen molar-refractivity contribution in [3.8, 4) is 0 Å². The molecule has 0 amide bonds. The highest BCUT2D eigenvalue weighted by Crippen LogP contribution is 2.08. The fourth-order valence-electron chi connectivity index (χ4n) is 2.87. The first kappa shape index (κ1) is 20.3. The number of guanidine groups is 1. The molecular weight excluding hydrogens is 356 g/mol. The molecule has 2 aromatic rings. The second kappa shape index (κ2) is 10.2. The van der Waals surface area contributed by atoms with Gasteiger partial charge >= 0.3 is 0 Å². The van der Waals surface area contributed by atoms with E-state index in [1.807, 2.05) is 36.7 Å². The van der Waals surface area contributed by atoms with Crippen LogP contribution in [0.1, 0.15) is 30.6 Å². The van der Waals surface area contributed by atoms with Crippen LogP contribution in [0, 0.1) is 6.92 Å². The van der Waals surface area contributed by atoms with Gasteiger partial charge in [-0.3, -0.25) is 0 Å². The molecule has 2 N–H and O–H groups in total. The number of hydrogen-bond donors (Lipinski definition) is 2. The molecule has 1 aliphatic rings. The Morgan fingerprint density at radius 3 is 2.86 bits per heavy atom. The highest BCUT2D eigenvalue weighted by atomic mass is 16.5. The summed E-state index contributed by atoms with van der Waals surface area (Å²) in [6.45, 7) is 7.23. The summed E-state index contributed by atoms with van der Waals surface area (Å²) >= 11 is 0. The van der Waals surface area contributed by atoms with Crippen LogP contribution < -0.4 is 10.6 Å². The van der Waals surface area contributed by atoms with Crippen LogP contribution >= 0.6 is 0 Å². The van der Waals surface area contributed by atoms with E-state index < -0.39 is 0 Å². The van der Waals surface area contributed by atoms with Crippen molar-refractivity contribution in [2.24, 2.45) is 12.0 Å². The van der Waals surface area contributed by atoms with Gasteiger partial charge in [0.05, 0.1) is 32.4 Å². The van der Waals surface area contributed by atoms with Gasteiger partial charge in [-0.25, -0.2) is 4.99 Å². The van der Waals surface area contributed by atoms with Crippen molar-refractivity contribution >= 4 is 5.96 Å². The predicted molar refractivity (Wildman–Crippen MR) is 108 cm³/mol. The van der Waals surface area contributed by atoms with Gasteiger partial charge in [0.1, 0.15) is 5.82 Å². The van der Waals surface area contributed by atoms with Gasteiger partial charge in [-0.15, -0.1) is 10.2 Å². The van der Waals surface area contributed by atoms with Crippen LogP contribution in [0.4, 0.5) is 0 Å². The number of nitrogens with one attached hydrogen (secondary N) is 2. The zero-order chi connectivity index (χ0) is 19.8. The molecule has 28 heavy (non-hydrogen) atoms. The van der Waals surface area contributed by atoms with Crippen LogP contribution in [0.25, 0.3) is 0 Å². The Hall–Kier alpha value is -2.45. The highest BCUT2D eigenvalue weighted by molar-refractivity contribution is 5.80. The number of ether oxygens (including phenoxy) is 2. The molecular formula is C20H30N6O2. The van der Waals surface area contributed by atoms with Gasteiger partial charge in [-0.2, -0.15) is 0 Å². The topological polar surface area (TPSA) is 85.6 Å². The SMILES string of the molecule is Cc1nnc(CNC(=NCc2ccccc2)NC(C)COC2CCOC2)n1C. The number of hydrogen-bond acceptors (Lipinski definition) is 5. The van der Waals surface area contributed by atoms with Gasteiger partial charge in [-0.1, -0.05) is 30.3 Å². The quantitative estimate of drug-likeness (QED) is 0.529. The number of aryl methyl sites for hydroxylation is 1. The Labute approximate surface area is 166 Å². The van der Waals surface area contributed by atoms with E-state index in [9.17, 15) is 0 Å². The van der Waals surface area contributed by atoms with Crippen LogP contribution in [0.15, 0.2) is 35.3 Å². The normalized spacial score (nSPS) is 18.2. The third-order valence-corrected chi connectivity index (χ3v) is 4.71. The van der Waals surface area contributed by atoms with Crippen molar-refractivity contribution in [3.05, 3.63) is 47.5 Å². The Kier molecular flexibility index (Phi) is 7.39. The monoisotopic (exact) mass is 386 g/mol. The van der Waals surface area contributed by atoms with Crippen LogP contribution in [0.3, 0.4) is 0 Å². The molecule has 3 rings (SSSR count). The molecule has 0 radical (unpaired) electrons. The molecule has 8 heteroatoms. The first-order chi connectivity index (χ1) is 13.6. The van der Waals surface area contributed by atoms with Gasteiger partial charge in [0.15, 0.2) is 11.8 Å². The minimum Gasteiger partial charge on any atom is -0.379 e. The van der Waals surface area contributed by atoms with E-state index in [4.69, 9.17) is 14.5 Å². The summed E-state index contributed by atoms with van der Waals surface area (Å²) in [7, 11) is 1.96. The summed E-state index contributed by atoms with van der Waals surface area (Å²) in [5.41, 5.74) is 1.16. The van der Waals surface area contributed by atoms with Crippen molar-refractivity contribution < 1.29 is 9.47 Å². The number of aliphatic imine (C=N–C) groups is 1. The molecule has 1 aromatic heterocycles. The first-order valence-corrected chi connectivity index (χ1v) is 9.75. The molecule has 0 aliphatic carbocycles. The average molecular weight is 387 g/mol. The largest absolute Gasteiger partial charge is 0.379 e. The van der Waals surface area contributed by atoms with E-state index >= 15 is 0 Å². The zero-order valence-electron chi connectivity index (χ0n) is 16.9. The second-order valence-electron chi connectivity index (χ2n) is 7.09. The molecule has 0 bridgehead atoms. The first-order valence-electron chi connectivity index (χ1n) is 9.75. The minimum absolute atomic E-state index is 0.115. The van der Waals surface area contributed by atoms with Gasteiger partial charge < -0.3 is 24.7 Å². The molecule has 2 heterocycles. The van der Waals surface area contributed by atoms with Crippen molar-refractivity contribution in [1.29, 1.82) is 0 Å². The number of aromatic nitrogens is 3. The molecule has 1 aliphatic heterocycles. The maximum absolute atomic E-state index is 5.92. The number of nitrogens with zero attached hydrogens (tertiary/aromatic N) is 4. The van der Waals surface area contributed by atoms with Gasteiger partial charge in [0, 0.05) is 19.7 Å². The van der Waals surface area contributed by atoms with E-state index in [0.717, 1.165) is 36.2 Å². The average Bonchev–Trinajstić information content (AvgIpc) is 3.34. The van der Waals surface area contributed by atoms with Crippen LogP contribution in [-0.4, -0.2) is 52.7 Å². The van der Waals surface area contributed by atoms with Gasteiger partial charge in [0.25, 0.3) is 0 Å². The summed E-state index contributed by atoms with van der Waals surface area (Å²) in [4.78, 5) is 4.72. The summed E-state index contributed by atoms with van der Waals surface area (Å²) in [6.07, 6.45) is 1.16. The highest BCUT2D eigenvalue weighted by Gasteiger charge is 2.17. The lowest BCUT2D eigenvalue weighted by Gasteiger charge is -2.20. The Morgan fingerprint density at radius 1 is 1.36 bits per heavy atom. The predicted octanol–water partition coefficient (Wildman–Crippen LogP) is 1.55. The van der Waals surface area contributed by atoms with E-state index in [0.29, 0.717) is 26.3 Å². The minimum atomic E-state index is 0.115. The second-order valence-corrected chi connectivity index (χ2v) is 7.09. The molecule has 8 nitrogen and oxygen atoms in total. The molecule has 1 aromatic carbocycles. The Morgan fingerprint density at radius 2 is 2.18 bits per heavy atom. The van der Waals surface area contributed by atoms with Gasteiger partial charge in [-0.05, 0) is 25.8 Å².